The zero-order valence-electron chi connectivity index (χ0n) is 8.75. The average molecular weight is 255 g/mol. The maximum absolute atomic E-state index is 13.3. The van der Waals surface area contributed by atoms with Gasteiger partial charge in [-0.15, -0.1) is 0 Å². The normalized spacial score (nSPS) is 10.3. The summed E-state index contributed by atoms with van der Waals surface area (Å²) >= 11 is 5.67. The molecule has 0 unspecified atom stereocenters. The molecule has 1 aromatic heterocycles. The molecule has 2 aromatic rings. The van der Waals surface area contributed by atoms with Crippen LogP contribution in [0.15, 0.2) is 36.5 Å². The van der Waals surface area contributed by atoms with Crippen molar-refractivity contribution in [3.05, 3.63) is 58.7 Å². The fourth-order valence-corrected chi connectivity index (χ4v) is 1.46. The van der Waals surface area contributed by atoms with E-state index in [1.165, 1.54) is 6.20 Å². The van der Waals surface area contributed by atoms with Crippen LogP contribution in [0.3, 0.4) is 0 Å². The number of pyridine rings is 1. The third-order valence-electron chi connectivity index (χ3n) is 2.20. The van der Waals surface area contributed by atoms with E-state index in [0.29, 0.717) is 10.8 Å². The molecule has 0 fully saturated rings. The standard InChI is InChI=1S/C12H9ClF2N2/c13-9-1-4-12(17-7-9)16-6-8-5-10(14)2-3-11(8)15/h1-5,7H,6H2,(H,16,17). The van der Waals surface area contributed by atoms with Crippen LogP contribution in [0.2, 0.25) is 5.02 Å². The first-order valence-corrected chi connectivity index (χ1v) is 5.32. The summed E-state index contributed by atoms with van der Waals surface area (Å²) in [4.78, 5) is 3.99. The van der Waals surface area contributed by atoms with E-state index in [1.807, 2.05) is 0 Å². The van der Waals surface area contributed by atoms with Crippen LogP contribution >= 0.6 is 11.6 Å². The third-order valence-corrected chi connectivity index (χ3v) is 2.42. The highest BCUT2D eigenvalue weighted by molar-refractivity contribution is 6.30. The Bertz CT molecular complexity index is 514. The highest BCUT2D eigenvalue weighted by Gasteiger charge is 2.03. The summed E-state index contributed by atoms with van der Waals surface area (Å²) in [7, 11) is 0. The predicted octanol–water partition coefficient (Wildman–Crippen LogP) is 3.63. The van der Waals surface area contributed by atoms with E-state index < -0.39 is 11.6 Å². The number of nitrogens with zero attached hydrogens (tertiary/aromatic N) is 1. The van der Waals surface area contributed by atoms with Crippen LogP contribution in [-0.4, -0.2) is 4.98 Å². The highest BCUT2D eigenvalue weighted by atomic mass is 35.5. The third kappa shape index (κ3) is 3.14. The maximum Gasteiger partial charge on any atom is 0.128 e. The van der Waals surface area contributed by atoms with E-state index in [1.54, 1.807) is 12.1 Å². The van der Waals surface area contributed by atoms with E-state index >= 15 is 0 Å². The fraction of sp³-hybridized carbons (Fsp3) is 0.0833. The Kier molecular flexibility index (Phi) is 3.54. The Morgan fingerprint density at radius 2 is 2.00 bits per heavy atom. The number of rotatable bonds is 3. The second kappa shape index (κ2) is 5.10. The molecule has 0 saturated heterocycles. The van der Waals surface area contributed by atoms with Crippen LogP contribution in [0.25, 0.3) is 0 Å². The molecule has 0 aliphatic rings. The highest BCUT2D eigenvalue weighted by Crippen LogP contribution is 2.13. The van der Waals surface area contributed by atoms with Gasteiger partial charge >= 0.3 is 0 Å². The second-order valence-corrected chi connectivity index (χ2v) is 3.89. The molecule has 88 valence electrons. The lowest BCUT2D eigenvalue weighted by molar-refractivity contribution is 0.587. The van der Waals surface area contributed by atoms with Gasteiger partial charge in [0.1, 0.15) is 17.5 Å². The number of nitrogens with one attached hydrogen (secondary N) is 1. The molecule has 5 heteroatoms. The number of aromatic nitrogens is 1. The van der Waals surface area contributed by atoms with Crippen molar-refractivity contribution in [2.24, 2.45) is 0 Å². The lowest BCUT2D eigenvalue weighted by atomic mass is 10.2. The quantitative estimate of drug-likeness (QED) is 0.905. The Labute approximate surface area is 102 Å². The Hall–Kier alpha value is -1.68. The van der Waals surface area contributed by atoms with Crippen LogP contribution in [-0.2, 0) is 6.54 Å². The zero-order valence-corrected chi connectivity index (χ0v) is 9.51. The van der Waals surface area contributed by atoms with E-state index in [4.69, 9.17) is 11.6 Å². The van der Waals surface area contributed by atoms with Crippen LogP contribution in [0.5, 0.6) is 0 Å². The van der Waals surface area contributed by atoms with Gasteiger partial charge in [0.2, 0.25) is 0 Å². The monoisotopic (exact) mass is 254 g/mol. The first kappa shape index (κ1) is 11.8. The molecule has 0 aliphatic carbocycles. The smallest absolute Gasteiger partial charge is 0.128 e. The van der Waals surface area contributed by atoms with Crippen LogP contribution in [0.1, 0.15) is 5.56 Å². The van der Waals surface area contributed by atoms with E-state index in [-0.39, 0.29) is 12.1 Å². The zero-order chi connectivity index (χ0) is 12.3. The van der Waals surface area contributed by atoms with Crippen molar-refractivity contribution < 1.29 is 8.78 Å². The van der Waals surface area contributed by atoms with E-state index in [2.05, 4.69) is 10.3 Å². The van der Waals surface area contributed by atoms with Gasteiger partial charge in [0.05, 0.1) is 5.02 Å². The minimum Gasteiger partial charge on any atom is -0.366 e. The van der Waals surface area contributed by atoms with Gasteiger partial charge in [-0.25, -0.2) is 13.8 Å². The van der Waals surface area contributed by atoms with Crippen molar-refractivity contribution in [3.8, 4) is 0 Å². The number of anilines is 1. The summed E-state index contributed by atoms with van der Waals surface area (Å²) in [6.07, 6.45) is 1.48. The lowest BCUT2D eigenvalue weighted by Crippen LogP contribution is -2.03. The van der Waals surface area contributed by atoms with Gasteiger partial charge in [-0.3, -0.25) is 0 Å². The van der Waals surface area contributed by atoms with Gasteiger partial charge in [0.25, 0.3) is 0 Å². The van der Waals surface area contributed by atoms with Crippen LogP contribution < -0.4 is 5.32 Å². The summed E-state index contributed by atoms with van der Waals surface area (Å²) in [6, 6.07) is 6.66. The summed E-state index contributed by atoms with van der Waals surface area (Å²) < 4.78 is 26.2. The van der Waals surface area contributed by atoms with Crippen molar-refractivity contribution in [2.45, 2.75) is 6.54 Å². The predicted molar refractivity (Wildman–Crippen MR) is 62.9 cm³/mol. The van der Waals surface area contributed by atoms with Crippen molar-refractivity contribution in [1.29, 1.82) is 0 Å². The van der Waals surface area contributed by atoms with E-state index in [9.17, 15) is 8.78 Å². The molecule has 17 heavy (non-hydrogen) atoms. The molecule has 2 nitrogen and oxygen atoms in total. The lowest BCUT2D eigenvalue weighted by Gasteiger charge is -2.06. The van der Waals surface area contributed by atoms with Gasteiger partial charge < -0.3 is 5.32 Å². The molecule has 0 bridgehead atoms. The summed E-state index contributed by atoms with van der Waals surface area (Å²) in [5.41, 5.74) is 0.252. The molecular formula is C12H9ClF2N2. The number of halogens is 3. The molecule has 0 atom stereocenters. The number of hydrogen-bond donors (Lipinski definition) is 1. The van der Waals surface area contributed by atoms with Gasteiger partial charge in [-0.1, -0.05) is 11.6 Å². The molecule has 1 heterocycles. The Morgan fingerprint density at radius 1 is 1.18 bits per heavy atom. The van der Waals surface area contributed by atoms with Crippen LogP contribution in [0, 0.1) is 11.6 Å². The van der Waals surface area contributed by atoms with E-state index in [0.717, 1.165) is 18.2 Å². The minimum atomic E-state index is -0.465. The largest absolute Gasteiger partial charge is 0.366 e. The summed E-state index contributed by atoms with van der Waals surface area (Å²) in [6.45, 7) is 0.165. The second-order valence-electron chi connectivity index (χ2n) is 3.45. The molecule has 0 aliphatic heterocycles. The molecule has 1 N–H and O–H groups in total. The number of hydrogen-bond acceptors (Lipinski definition) is 2. The number of benzene rings is 1. The van der Waals surface area contributed by atoms with Gasteiger partial charge in [-0.2, -0.15) is 0 Å². The Morgan fingerprint density at radius 3 is 2.71 bits per heavy atom. The van der Waals surface area contributed by atoms with Gasteiger partial charge in [0.15, 0.2) is 0 Å². The minimum absolute atomic E-state index is 0.165. The summed E-state index contributed by atoms with van der Waals surface area (Å²) in [5.74, 6) is -0.363. The molecule has 1 aromatic carbocycles. The van der Waals surface area contributed by atoms with Crippen molar-refractivity contribution >= 4 is 17.4 Å². The molecule has 0 radical (unpaired) electrons. The molecule has 2 rings (SSSR count). The topological polar surface area (TPSA) is 24.9 Å². The van der Waals surface area contributed by atoms with Gasteiger partial charge in [0, 0.05) is 18.3 Å². The van der Waals surface area contributed by atoms with Crippen molar-refractivity contribution in [2.75, 3.05) is 5.32 Å². The Balaban J connectivity index is 2.07. The molecular weight excluding hydrogens is 246 g/mol. The fourth-order valence-electron chi connectivity index (χ4n) is 1.34. The molecule has 0 saturated carbocycles. The van der Waals surface area contributed by atoms with Crippen molar-refractivity contribution in [3.63, 3.8) is 0 Å². The van der Waals surface area contributed by atoms with Crippen molar-refractivity contribution in [1.82, 2.24) is 4.98 Å². The average Bonchev–Trinajstić information content (AvgIpc) is 2.32. The SMILES string of the molecule is Fc1ccc(F)c(CNc2ccc(Cl)cn2)c1. The molecule has 0 amide bonds. The summed E-state index contributed by atoms with van der Waals surface area (Å²) in [5, 5.41) is 3.40. The molecule has 0 spiro atoms. The first-order valence-electron chi connectivity index (χ1n) is 4.94. The first-order chi connectivity index (χ1) is 8.15. The maximum atomic E-state index is 13.3. The van der Waals surface area contributed by atoms with Gasteiger partial charge in [-0.05, 0) is 30.3 Å². The van der Waals surface area contributed by atoms with Crippen LogP contribution in [0.4, 0.5) is 14.6 Å².